The molecule has 0 aromatic heterocycles. The predicted octanol–water partition coefficient (Wildman–Crippen LogP) is 4.50. The van der Waals surface area contributed by atoms with Crippen LogP contribution in [0.1, 0.15) is 37.0 Å². The van der Waals surface area contributed by atoms with E-state index in [2.05, 4.69) is 0 Å². The smallest absolute Gasteiger partial charge is 0.223 e. The molecule has 1 aliphatic rings. The quantitative estimate of drug-likeness (QED) is 0.685. The van der Waals surface area contributed by atoms with E-state index >= 15 is 0 Å². The summed E-state index contributed by atoms with van der Waals surface area (Å²) in [4.78, 5) is 13.0. The first kappa shape index (κ1) is 21.3. The highest BCUT2D eigenvalue weighted by Crippen LogP contribution is 2.34. The molecule has 1 unspecified atom stereocenters. The second kappa shape index (κ2) is 9.85. The second-order valence-corrected chi connectivity index (χ2v) is 7.36. The maximum Gasteiger partial charge on any atom is 0.223 e. The van der Waals surface area contributed by atoms with Crippen LogP contribution >= 0.6 is 0 Å². The maximum absolute atomic E-state index is 14.2. The summed E-state index contributed by atoms with van der Waals surface area (Å²) >= 11 is 0. The summed E-state index contributed by atoms with van der Waals surface area (Å²) in [5, 5.41) is 0. The standard InChI is InChI=1S/C23H28FNO4/c1-16(26)25(2)21-6-4-17(5-7-21)15-29-22-13-19(12-20(24)14-22)23(27-3)18-8-10-28-11-9-18/h4-7,12-14,18,23H,8-11,15H2,1-3H3. The van der Waals surface area contributed by atoms with Gasteiger partial charge in [0.2, 0.25) is 5.91 Å². The largest absolute Gasteiger partial charge is 0.489 e. The number of carbonyl (C=O) groups is 1. The van der Waals surface area contributed by atoms with E-state index in [0.29, 0.717) is 31.5 Å². The first-order valence-corrected chi connectivity index (χ1v) is 9.85. The molecule has 0 radical (unpaired) electrons. The summed E-state index contributed by atoms with van der Waals surface area (Å²) in [6.07, 6.45) is 1.61. The number of hydrogen-bond donors (Lipinski definition) is 0. The number of rotatable bonds is 7. The molecule has 3 rings (SSSR count). The molecule has 1 atom stereocenters. The SMILES string of the molecule is COC(c1cc(F)cc(OCc2ccc(N(C)C(C)=O)cc2)c1)C1CCOCC1. The van der Waals surface area contributed by atoms with E-state index in [1.807, 2.05) is 30.3 Å². The van der Waals surface area contributed by atoms with Crippen LogP contribution in [0.2, 0.25) is 0 Å². The monoisotopic (exact) mass is 401 g/mol. The van der Waals surface area contributed by atoms with Crippen LogP contribution in [0.25, 0.3) is 0 Å². The van der Waals surface area contributed by atoms with E-state index in [-0.39, 0.29) is 17.8 Å². The number of ether oxygens (including phenoxy) is 3. The Morgan fingerprint density at radius 2 is 1.90 bits per heavy atom. The van der Waals surface area contributed by atoms with Crippen molar-refractivity contribution in [2.24, 2.45) is 5.92 Å². The molecule has 0 saturated carbocycles. The number of carbonyl (C=O) groups excluding carboxylic acids is 1. The van der Waals surface area contributed by atoms with Gasteiger partial charge in [0.05, 0.1) is 6.10 Å². The second-order valence-electron chi connectivity index (χ2n) is 7.36. The van der Waals surface area contributed by atoms with Crippen LogP contribution in [-0.4, -0.2) is 33.3 Å². The molecule has 2 aromatic carbocycles. The molecule has 1 saturated heterocycles. The number of nitrogens with zero attached hydrogens (tertiary/aromatic N) is 1. The summed E-state index contributed by atoms with van der Waals surface area (Å²) in [7, 11) is 3.39. The van der Waals surface area contributed by atoms with Crippen LogP contribution in [0.4, 0.5) is 10.1 Å². The van der Waals surface area contributed by atoms with Crippen molar-refractivity contribution >= 4 is 11.6 Å². The van der Waals surface area contributed by atoms with Gasteiger partial charge in [-0.2, -0.15) is 0 Å². The van der Waals surface area contributed by atoms with E-state index in [9.17, 15) is 9.18 Å². The number of halogens is 1. The van der Waals surface area contributed by atoms with Crippen molar-refractivity contribution in [1.82, 2.24) is 0 Å². The fraction of sp³-hybridized carbons (Fsp3) is 0.435. The summed E-state index contributed by atoms with van der Waals surface area (Å²) in [6, 6.07) is 12.3. The van der Waals surface area contributed by atoms with Gasteiger partial charge in [-0.05, 0) is 54.2 Å². The summed E-state index contributed by atoms with van der Waals surface area (Å²) in [6.45, 7) is 3.24. The minimum absolute atomic E-state index is 0.0292. The first-order valence-electron chi connectivity index (χ1n) is 9.85. The molecule has 5 nitrogen and oxygen atoms in total. The number of methoxy groups -OCH3 is 1. The van der Waals surface area contributed by atoms with Crippen molar-refractivity contribution in [2.75, 3.05) is 32.3 Å². The number of anilines is 1. The van der Waals surface area contributed by atoms with Crippen molar-refractivity contribution < 1.29 is 23.4 Å². The Kier molecular flexibility index (Phi) is 7.23. The average molecular weight is 401 g/mol. The molecule has 0 aliphatic carbocycles. The van der Waals surface area contributed by atoms with Gasteiger partial charge in [-0.3, -0.25) is 4.79 Å². The Morgan fingerprint density at radius 3 is 2.52 bits per heavy atom. The highest BCUT2D eigenvalue weighted by molar-refractivity contribution is 5.90. The molecule has 29 heavy (non-hydrogen) atoms. The topological polar surface area (TPSA) is 48.0 Å². The molecule has 0 spiro atoms. The van der Waals surface area contributed by atoms with E-state index in [0.717, 1.165) is 29.7 Å². The zero-order chi connectivity index (χ0) is 20.8. The predicted molar refractivity (Wildman–Crippen MR) is 110 cm³/mol. The van der Waals surface area contributed by atoms with E-state index < -0.39 is 0 Å². The molecular formula is C23H28FNO4. The molecule has 1 amide bonds. The number of hydrogen-bond acceptors (Lipinski definition) is 4. The third-order valence-corrected chi connectivity index (χ3v) is 5.37. The van der Waals surface area contributed by atoms with Crippen LogP contribution in [0, 0.1) is 11.7 Å². The normalized spacial score (nSPS) is 15.7. The summed E-state index contributed by atoms with van der Waals surface area (Å²) < 4.78 is 31.2. The maximum atomic E-state index is 14.2. The van der Waals surface area contributed by atoms with Crippen molar-refractivity contribution in [1.29, 1.82) is 0 Å². The molecule has 0 bridgehead atoms. The lowest BCUT2D eigenvalue weighted by Gasteiger charge is -2.29. The van der Waals surface area contributed by atoms with Gasteiger partial charge >= 0.3 is 0 Å². The molecule has 0 N–H and O–H groups in total. The average Bonchev–Trinajstić information content (AvgIpc) is 2.73. The molecule has 2 aromatic rings. The third-order valence-electron chi connectivity index (χ3n) is 5.37. The minimum Gasteiger partial charge on any atom is -0.489 e. The van der Waals surface area contributed by atoms with E-state index in [4.69, 9.17) is 14.2 Å². The molecular weight excluding hydrogens is 373 g/mol. The van der Waals surface area contributed by atoms with Crippen molar-refractivity contribution in [3.63, 3.8) is 0 Å². The highest BCUT2D eigenvalue weighted by Gasteiger charge is 2.26. The van der Waals surface area contributed by atoms with Gasteiger partial charge in [0, 0.05) is 46.0 Å². The fourth-order valence-corrected chi connectivity index (χ4v) is 3.62. The van der Waals surface area contributed by atoms with Gasteiger partial charge in [0.15, 0.2) is 0 Å². The van der Waals surface area contributed by atoms with Gasteiger partial charge in [-0.1, -0.05) is 12.1 Å². The van der Waals surface area contributed by atoms with E-state index in [1.165, 1.54) is 19.1 Å². The van der Waals surface area contributed by atoms with E-state index in [1.54, 1.807) is 19.1 Å². The number of amides is 1. The Hall–Kier alpha value is -2.44. The highest BCUT2D eigenvalue weighted by atomic mass is 19.1. The van der Waals surface area contributed by atoms with Crippen molar-refractivity contribution in [2.45, 2.75) is 32.5 Å². The van der Waals surface area contributed by atoms with Gasteiger partial charge in [0.1, 0.15) is 18.2 Å². The Balaban J connectivity index is 1.69. The van der Waals surface area contributed by atoms with Gasteiger partial charge < -0.3 is 19.1 Å². The number of benzene rings is 2. The van der Waals surface area contributed by atoms with Gasteiger partial charge in [-0.15, -0.1) is 0 Å². The molecule has 6 heteroatoms. The Morgan fingerprint density at radius 1 is 1.21 bits per heavy atom. The third kappa shape index (κ3) is 5.55. The molecule has 1 fully saturated rings. The van der Waals surface area contributed by atoms with Crippen LogP contribution in [0.3, 0.4) is 0 Å². The molecule has 1 heterocycles. The van der Waals surface area contributed by atoms with Crippen molar-refractivity contribution in [3.8, 4) is 5.75 Å². The minimum atomic E-state index is -0.343. The van der Waals surface area contributed by atoms with Crippen LogP contribution < -0.4 is 9.64 Å². The van der Waals surface area contributed by atoms with Crippen LogP contribution in [0.5, 0.6) is 5.75 Å². The lowest BCUT2D eigenvalue weighted by molar-refractivity contribution is -0.116. The summed E-state index contributed by atoms with van der Waals surface area (Å²) in [5.74, 6) is 0.400. The Labute approximate surface area is 171 Å². The lowest BCUT2D eigenvalue weighted by atomic mass is 9.89. The molecule has 156 valence electrons. The lowest BCUT2D eigenvalue weighted by Crippen LogP contribution is -2.23. The van der Waals surface area contributed by atoms with Crippen molar-refractivity contribution in [3.05, 3.63) is 59.4 Å². The van der Waals surface area contributed by atoms with Gasteiger partial charge in [0.25, 0.3) is 0 Å². The fourth-order valence-electron chi connectivity index (χ4n) is 3.62. The molecule has 1 aliphatic heterocycles. The first-order chi connectivity index (χ1) is 14.0. The van der Waals surface area contributed by atoms with Crippen LogP contribution in [-0.2, 0) is 20.9 Å². The van der Waals surface area contributed by atoms with Crippen LogP contribution in [0.15, 0.2) is 42.5 Å². The Bertz CT molecular complexity index is 818. The zero-order valence-electron chi connectivity index (χ0n) is 17.2. The van der Waals surface area contributed by atoms with Gasteiger partial charge in [-0.25, -0.2) is 4.39 Å². The summed E-state index contributed by atoms with van der Waals surface area (Å²) in [5.41, 5.74) is 2.53. The zero-order valence-corrected chi connectivity index (χ0v) is 17.2.